The lowest BCUT2D eigenvalue weighted by molar-refractivity contribution is -0.122. The van der Waals surface area contributed by atoms with Crippen LogP contribution in [0.5, 0.6) is 0 Å². The van der Waals surface area contributed by atoms with E-state index in [1.165, 1.54) is 6.07 Å². The highest BCUT2D eigenvalue weighted by Crippen LogP contribution is 2.24. The van der Waals surface area contributed by atoms with E-state index in [0.29, 0.717) is 13.1 Å². The molecule has 5 heteroatoms. The molecule has 0 bridgehead atoms. The summed E-state index contributed by atoms with van der Waals surface area (Å²) in [6, 6.07) is 4.56. The van der Waals surface area contributed by atoms with E-state index in [2.05, 4.69) is 17.6 Å². The standard InChI is InChI=1S/C15H22FN3O/c1-3-6-17-10-12-9-13(16)4-5-14(12)19-8-7-18-15(20)11(19)2/h4-5,9,11,17H,3,6-8,10H2,1-2H3,(H,18,20). The Kier molecular flexibility index (Phi) is 4.95. The molecule has 0 radical (unpaired) electrons. The number of amides is 1. The molecule has 2 N–H and O–H groups in total. The van der Waals surface area contributed by atoms with Crippen molar-refractivity contribution >= 4 is 11.6 Å². The fourth-order valence-corrected chi connectivity index (χ4v) is 2.49. The summed E-state index contributed by atoms with van der Waals surface area (Å²) in [5.41, 5.74) is 1.84. The fourth-order valence-electron chi connectivity index (χ4n) is 2.49. The zero-order valence-electron chi connectivity index (χ0n) is 12.1. The number of rotatable bonds is 5. The minimum Gasteiger partial charge on any atom is -0.358 e. The van der Waals surface area contributed by atoms with Crippen LogP contribution in [0.4, 0.5) is 10.1 Å². The van der Waals surface area contributed by atoms with Crippen molar-refractivity contribution in [2.24, 2.45) is 0 Å². The molecule has 1 amide bonds. The number of benzene rings is 1. The molecule has 1 aliphatic heterocycles. The van der Waals surface area contributed by atoms with E-state index in [9.17, 15) is 9.18 Å². The summed E-state index contributed by atoms with van der Waals surface area (Å²) >= 11 is 0. The van der Waals surface area contributed by atoms with Crippen LogP contribution in [0.3, 0.4) is 0 Å². The van der Waals surface area contributed by atoms with Gasteiger partial charge in [0.05, 0.1) is 0 Å². The highest BCUT2D eigenvalue weighted by Gasteiger charge is 2.26. The van der Waals surface area contributed by atoms with Gasteiger partial charge in [0.1, 0.15) is 11.9 Å². The molecule has 0 aromatic heterocycles. The predicted molar refractivity (Wildman–Crippen MR) is 78.2 cm³/mol. The minimum atomic E-state index is -0.240. The molecule has 1 fully saturated rings. The fraction of sp³-hybridized carbons (Fsp3) is 0.533. The van der Waals surface area contributed by atoms with Crippen molar-refractivity contribution in [3.8, 4) is 0 Å². The van der Waals surface area contributed by atoms with Crippen molar-refractivity contribution in [1.29, 1.82) is 0 Å². The monoisotopic (exact) mass is 279 g/mol. The summed E-state index contributed by atoms with van der Waals surface area (Å²) < 4.78 is 13.5. The largest absolute Gasteiger partial charge is 0.358 e. The second kappa shape index (κ2) is 6.70. The first kappa shape index (κ1) is 14.8. The molecule has 4 nitrogen and oxygen atoms in total. The van der Waals surface area contributed by atoms with Crippen molar-refractivity contribution < 1.29 is 9.18 Å². The molecule has 0 aliphatic carbocycles. The van der Waals surface area contributed by atoms with Gasteiger partial charge in [0.15, 0.2) is 0 Å². The molecule has 1 saturated heterocycles. The Labute approximate surface area is 119 Å². The van der Waals surface area contributed by atoms with Crippen molar-refractivity contribution in [1.82, 2.24) is 10.6 Å². The van der Waals surface area contributed by atoms with Crippen LogP contribution < -0.4 is 15.5 Å². The van der Waals surface area contributed by atoms with Crippen LogP contribution in [0, 0.1) is 5.82 Å². The van der Waals surface area contributed by atoms with E-state index in [4.69, 9.17) is 0 Å². The number of carbonyl (C=O) groups excluding carboxylic acids is 1. The Morgan fingerprint density at radius 2 is 2.30 bits per heavy atom. The lowest BCUT2D eigenvalue weighted by Gasteiger charge is -2.36. The van der Waals surface area contributed by atoms with E-state index >= 15 is 0 Å². The predicted octanol–water partition coefficient (Wildman–Crippen LogP) is 1.65. The van der Waals surface area contributed by atoms with Crippen molar-refractivity contribution in [2.75, 3.05) is 24.5 Å². The third-order valence-corrected chi connectivity index (χ3v) is 3.59. The van der Waals surface area contributed by atoms with E-state index in [1.54, 1.807) is 12.1 Å². The lowest BCUT2D eigenvalue weighted by atomic mass is 10.1. The van der Waals surface area contributed by atoms with Crippen LogP contribution in [0.15, 0.2) is 18.2 Å². The number of piperazine rings is 1. The van der Waals surface area contributed by atoms with Crippen LogP contribution in [0.1, 0.15) is 25.8 Å². The Morgan fingerprint density at radius 1 is 1.50 bits per heavy atom. The first-order valence-corrected chi connectivity index (χ1v) is 7.17. The normalized spacial score (nSPS) is 19.1. The first-order chi connectivity index (χ1) is 9.63. The zero-order valence-corrected chi connectivity index (χ0v) is 12.1. The third kappa shape index (κ3) is 3.28. The van der Waals surface area contributed by atoms with Gasteiger partial charge in [0, 0.05) is 25.3 Å². The van der Waals surface area contributed by atoms with Crippen LogP contribution >= 0.6 is 0 Å². The van der Waals surface area contributed by atoms with Crippen LogP contribution in [-0.4, -0.2) is 31.6 Å². The molecule has 1 aromatic rings. The Hall–Kier alpha value is -1.62. The summed E-state index contributed by atoms with van der Waals surface area (Å²) in [5.74, 6) is -0.218. The molecular formula is C15H22FN3O. The third-order valence-electron chi connectivity index (χ3n) is 3.59. The number of nitrogens with one attached hydrogen (secondary N) is 2. The van der Waals surface area contributed by atoms with Gasteiger partial charge in [-0.25, -0.2) is 4.39 Å². The Bertz CT molecular complexity index is 478. The minimum absolute atomic E-state index is 0.0213. The molecule has 1 unspecified atom stereocenters. The molecule has 0 spiro atoms. The van der Waals surface area contributed by atoms with Gasteiger partial charge < -0.3 is 15.5 Å². The van der Waals surface area contributed by atoms with Crippen LogP contribution in [-0.2, 0) is 11.3 Å². The summed E-state index contributed by atoms with van der Waals surface area (Å²) in [5, 5.41) is 6.13. The second-order valence-electron chi connectivity index (χ2n) is 5.11. The van der Waals surface area contributed by atoms with Crippen molar-refractivity contribution in [3.05, 3.63) is 29.6 Å². The molecule has 2 rings (SSSR count). The highest BCUT2D eigenvalue weighted by atomic mass is 19.1. The summed E-state index contributed by atoms with van der Waals surface area (Å²) in [7, 11) is 0. The highest BCUT2D eigenvalue weighted by molar-refractivity contribution is 5.86. The molecule has 110 valence electrons. The van der Waals surface area contributed by atoms with Crippen LogP contribution in [0.2, 0.25) is 0 Å². The van der Waals surface area contributed by atoms with E-state index in [1.807, 2.05) is 11.8 Å². The molecule has 1 aromatic carbocycles. The maximum atomic E-state index is 13.5. The number of carbonyl (C=O) groups is 1. The van der Waals surface area contributed by atoms with Gasteiger partial charge >= 0.3 is 0 Å². The molecule has 20 heavy (non-hydrogen) atoms. The van der Waals surface area contributed by atoms with Crippen LogP contribution in [0.25, 0.3) is 0 Å². The number of hydrogen-bond acceptors (Lipinski definition) is 3. The van der Waals surface area contributed by atoms with E-state index in [-0.39, 0.29) is 17.8 Å². The van der Waals surface area contributed by atoms with Gasteiger partial charge in [-0.05, 0) is 43.7 Å². The van der Waals surface area contributed by atoms with Gasteiger partial charge in [-0.2, -0.15) is 0 Å². The van der Waals surface area contributed by atoms with Gasteiger partial charge in [0.2, 0.25) is 5.91 Å². The zero-order chi connectivity index (χ0) is 14.5. The number of hydrogen-bond donors (Lipinski definition) is 2. The van der Waals surface area contributed by atoms with E-state index < -0.39 is 0 Å². The first-order valence-electron chi connectivity index (χ1n) is 7.17. The molecule has 1 aliphatic rings. The average Bonchev–Trinajstić information content (AvgIpc) is 2.43. The summed E-state index contributed by atoms with van der Waals surface area (Å²) in [6.07, 6.45) is 1.03. The number of halogens is 1. The topological polar surface area (TPSA) is 44.4 Å². The molecule has 1 heterocycles. The van der Waals surface area contributed by atoms with Gasteiger partial charge in [-0.15, -0.1) is 0 Å². The lowest BCUT2D eigenvalue weighted by Crippen LogP contribution is -2.54. The number of nitrogens with zero attached hydrogens (tertiary/aromatic N) is 1. The second-order valence-corrected chi connectivity index (χ2v) is 5.11. The molecular weight excluding hydrogens is 257 g/mol. The Balaban J connectivity index is 2.22. The Morgan fingerprint density at radius 3 is 3.05 bits per heavy atom. The SMILES string of the molecule is CCCNCc1cc(F)ccc1N1CCNC(=O)C1C. The number of anilines is 1. The molecule has 1 atom stereocenters. The van der Waals surface area contributed by atoms with Gasteiger partial charge in [0.25, 0.3) is 0 Å². The average molecular weight is 279 g/mol. The van der Waals surface area contributed by atoms with Crippen molar-refractivity contribution in [2.45, 2.75) is 32.9 Å². The molecule has 0 saturated carbocycles. The summed E-state index contributed by atoms with van der Waals surface area (Å²) in [6.45, 7) is 6.86. The van der Waals surface area contributed by atoms with Crippen molar-refractivity contribution in [3.63, 3.8) is 0 Å². The van der Waals surface area contributed by atoms with Gasteiger partial charge in [-0.1, -0.05) is 6.92 Å². The smallest absolute Gasteiger partial charge is 0.242 e. The maximum Gasteiger partial charge on any atom is 0.242 e. The maximum absolute atomic E-state index is 13.5. The quantitative estimate of drug-likeness (QED) is 0.806. The summed E-state index contributed by atoms with van der Waals surface area (Å²) in [4.78, 5) is 13.8. The van der Waals surface area contributed by atoms with E-state index in [0.717, 1.165) is 30.8 Å². The van der Waals surface area contributed by atoms with Gasteiger partial charge in [-0.3, -0.25) is 4.79 Å².